The van der Waals surface area contributed by atoms with Crippen LogP contribution in [0.15, 0.2) is 0 Å². The van der Waals surface area contributed by atoms with Crippen LogP contribution in [0.2, 0.25) is 5.15 Å². The molecule has 17 heavy (non-hydrogen) atoms. The Balaban J connectivity index is 3.05. The Morgan fingerprint density at radius 2 is 2.00 bits per heavy atom. The van der Waals surface area contributed by atoms with Crippen molar-refractivity contribution < 1.29 is 18.3 Å². The zero-order chi connectivity index (χ0) is 13.2. The van der Waals surface area contributed by atoms with Gasteiger partial charge in [0.2, 0.25) is 0 Å². The van der Waals surface area contributed by atoms with Crippen molar-refractivity contribution in [3.63, 3.8) is 0 Å². The molecule has 98 valence electrons. The smallest absolute Gasteiger partial charge is 0.391 e. The molecule has 0 aliphatic carbocycles. The molecule has 0 saturated carbocycles. The molecule has 0 aliphatic heterocycles. The van der Waals surface area contributed by atoms with Gasteiger partial charge in [0, 0.05) is 12.1 Å². The topological polar surface area (TPSA) is 41.3 Å². The maximum atomic E-state index is 12.6. The van der Waals surface area contributed by atoms with E-state index in [0.717, 1.165) is 4.68 Å². The summed E-state index contributed by atoms with van der Waals surface area (Å²) in [6.07, 6.45) is -4.61. The van der Waals surface area contributed by atoms with Gasteiger partial charge in [0.15, 0.2) is 5.69 Å². The molecule has 1 aromatic rings. The molecule has 0 radical (unpaired) electrons. The van der Waals surface area contributed by atoms with Crippen LogP contribution in [0.5, 0.6) is 0 Å². The fraction of sp³-hybridized carbons (Fsp3) is 0.667. The van der Waals surface area contributed by atoms with E-state index in [2.05, 4.69) is 5.10 Å². The normalized spacial score (nSPS) is 12.5. The van der Waals surface area contributed by atoms with Crippen LogP contribution in [-0.4, -0.2) is 40.4 Å². The summed E-state index contributed by atoms with van der Waals surface area (Å²) in [4.78, 5) is 1.80. The fourth-order valence-corrected chi connectivity index (χ4v) is 1.56. The van der Waals surface area contributed by atoms with Crippen molar-refractivity contribution in [1.82, 2.24) is 14.7 Å². The van der Waals surface area contributed by atoms with Crippen molar-refractivity contribution >= 4 is 11.6 Å². The summed E-state index contributed by atoms with van der Waals surface area (Å²) in [5.41, 5.74) is -1.50. The summed E-state index contributed by atoms with van der Waals surface area (Å²) in [6.45, 7) is -0.0475. The van der Waals surface area contributed by atoms with Crippen LogP contribution in [0.3, 0.4) is 0 Å². The number of aliphatic hydroxyl groups is 1. The molecule has 0 saturated heterocycles. The van der Waals surface area contributed by atoms with Gasteiger partial charge >= 0.3 is 6.18 Å². The zero-order valence-corrected chi connectivity index (χ0v) is 10.2. The minimum Gasteiger partial charge on any atom is -0.391 e. The SMILES string of the molecule is CN(C)CCn1nc(C(F)(F)F)c(CO)c1Cl. The van der Waals surface area contributed by atoms with E-state index in [1.807, 2.05) is 0 Å². The molecule has 1 N–H and O–H groups in total. The maximum Gasteiger partial charge on any atom is 0.435 e. The van der Waals surface area contributed by atoms with E-state index >= 15 is 0 Å². The third-order valence-corrected chi connectivity index (χ3v) is 2.59. The van der Waals surface area contributed by atoms with Gasteiger partial charge in [-0.15, -0.1) is 0 Å². The van der Waals surface area contributed by atoms with Gasteiger partial charge in [-0.1, -0.05) is 11.6 Å². The van der Waals surface area contributed by atoms with Gasteiger partial charge in [-0.3, -0.25) is 4.68 Å². The van der Waals surface area contributed by atoms with E-state index < -0.39 is 18.5 Å². The minimum atomic E-state index is -4.61. The van der Waals surface area contributed by atoms with E-state index in [1.54, 1.807) is 19.0 Å². The lowest BCUT2D eigenvalue weighted by Crippen LogP contribution is -2.19. The molecule has 1 heterocycles. The molecule has 0 spiro atoms. The van der Waals surface area contributed by atoms with Crippen molar-refractivity contribution in [2.24, 2.45) is 0 Å². The van der Waals surface area contributed by atoms with E-state index in [9.17, 15) is 13.2 Å². The monoisotopic (exact) mass is 271 g/mol. The van der Waals surface area contributed by atoms with E-state index in [4.69, 9.17) is 16.7 Å². The highest BCUT2D eigenvalue weighted by molar-refractivity contribution is 6.30. The van der Waals surface area contributed by atoms with Gasteiger partial charge in [-0.25, -0.2) is 0 Å². The second-order valence-corrected chi connectivity index (χ2v) is 4.16. The third kappa shape index (κ3) is 3.34. The number of rotatable bonds is 4. The first-order valence-corrected chi connectivity index (χ1v) is 5.23. The molecule has 0 unspecified atom stereocenters. The molecule has 4 nitrogen and oxygen atoms in total. The third-order valence-electron chi connectivity index (χ3n) is 2.17. The number of aliphatic hydroxyl groups excluding tert-OH is 1. The average Bonchev–Trinajstić information content (AvgIpc) is 2.51. The Bertz CT molecular complexity index is 390. The number of halogens is 4. The second kappa shape index (κ2) is 5.24. The van der Waals surface area contributed by atoms with Gasteiger partial charge in [-0.2, -0.15) is 18.3 Å². The van der Waals surface area contributed by atoms with Gasteiger partial charge in [0.25, 0.3) is 0 Å². The molecule has 0 atom stereocenters. The van der Waals surface area contributed by atoms with Crippen LogP contribution in [0.1, 0.15) is 11.3 Å². The summed E-state index contributed by atoms with van der Waals surface area (Å²) < 4.78 is 38.8. The van der Waals surface area contributed by atoms with Crippen molar-refractivity contribution in [3.8, 4) is 0 Å². The van der Waals surface area contributed by atoms with Crippen LogP contribution in [0, 0.1) is 0 Å². The van der Waals surface area contributed by atoms with E-state index in [-0.39, 0.29) is 17.3 Å². The first-order chi connectivity index (χ1) is 7.77. The first kappa shape index (κ1) is 14.3. The Labute approximate surface area is 102 Å². The number of hydrogen-bond acceptors (Lipinski definition) is 3. The number of hydrogen-bond donors (Lipinski definition) is 1. The lowest BCUT2D eigenvalue weighted by atomic mass is 10.2. The molecular weight excluding hydrogens is 259 g/mol. The summed E-state index contributed by atoms with van der Waals surface area (Å²) in [7, 11) is 3.57. The minimum absolute atomic E-state index is 0.165. The largest absolute Gasteiger partial charge is 0.435 e. The summed E-state index contributed by atoms with van der Waals surface area (Å²) in [5, 5.41) is 12.1. The van der Waals surface area contributed by atoms with E-state index in [1.165, 1.54) is 0 Å². The molecule has 0 bridgehead atoms. The Morgan fingerprint density at radius 3 is 2.35 bits per heavy atom. The van der Waals surface area contributed by atoms with Crippen LogP contribution < -0.4 is 0 Å². The lowest BCUT2D eigenvalue weighted by Gasteiger charge is -2.09. The molecule has 1 rings (SSSR count). The van der Waals surface area contributed by atoms with Crippen molar-refractivity contribution in [2.45, 2.75) is 19.3 Å². The van der Waals surface area contributed by atoms with Crippen LogP contribution >= 0.6 is 11.6 Å². The Kier molecular flexibility index (Phi) is 4.40. The summed E-state index contributed by atoms with van der Waals surface area (Å²) in [5.74, 6) is 0. The first-order valence-electron chi connectivity index (χ1n) is 4.85. The number of likely N-dealkylation sites (N-methyl/N-ethyl adjacent to an activating group) is 1. The quantitative estimate of drug-likeness (QED) is 0.905. The highest BCUT2D eigenvalue weighted by Gasteiger charge is 2.38. The highest BCUT2D eigenvalue weighted by Crippen LogP contribution is 2.34. The van der Waals surface area contributed by atoms with Crippen LogP contribution in [0.4, 0.5) is 13.2 Å². The number of alkyl halides is 3. The summed E-state index contributed by atoms with van der Waals surface area (Å²) >= 11 is 5.74. The van der Waals surface area contributed by atoms with Gasteiger partial charge in [-0.05, 0) is 14.1 Å². The molecule has 0 aliphatic rings. The van der Waals surface area contributed by atoms with Crippen molar-refractivity contribution in [3.05, 3.63) is 16.4 Å². The van der Waals surface area contributed by atoms with Crippen LogP contribution in [0.25, 0.3) is 0 Å². The Hall–Kier alpha value is -0.790. The molecule has 0 aromatic carbocycles. The maximum absolute atomic E-state index is 12.6. The van der Waals surface area contributed by atoms with Gasteiger partial charge in [0.1, 0.15) is 5.15 Å². The van der Waals surface area contributed by atoms with Gasteiger partial charge < -0.3 is 10.0 Å². The number of aromatic nitrogens is 2. The number of nitrogens with zero attached hydrogens (tertiary/aromatic N) is 3. The standard InChI is InChI=1S/C9H13ClF3N3O/c1-15(2)3-4-16-8(10)6(5-17)7(14-16)9(11,12)13/h17H,3-5H2,1-2H3. The Morgan fingerprint density at radius 1 is 1.41 bits per heavy atom. The second-order valence-electron chi connectivity index (χ2n) is 3.80. The van der Waals surface area contributed by atoms with E-state index in [0.29, 0.717) is 6.54 Å². The highest BCUT2D eigenvalue weighted by atomic mass is 35.5. The molecule has 1 aromatic heterocycles. The molecule has 0 amide bonds. The predicted molar refractivity (Wildman–Crippen MR) is 56.7 cm³/mol. The van der Waals surface area contributed by atoms with Crippen LogP contribution in [-0.2, 0) is 19.3 Å². The predicted octanol–water partition coefficient (Wildman–Crippen LogP) is 1.61. The zero-order valence-electron chi connectivity index (χ0n) is 9.42. The molecule has 0 fully saturated rings. The lowest BCUT2D eigenvalue weighted by molar-refractivity contribution is -0.142. The molecule has 8 heteroatoms. The average molecular weight is 272 g/mol. The van der Waals surface area contributed by atoms with Gasteiger partial charge in [0.05, 0.1) is 13.2 Å². The van der Waals surface area contributed by atoms with Crippen molar-refractivity contribution in [1.29, 1.82) is 0 Å². The van der Waals surface area contributed by atoms with Crippen molar-refractivity contribution in [2.75, 3.05) is 20.6 Å². The molecular formula is C9H13ClF3N3O. The fourth-order valence-electron chi connectivity index (χ4n) is 1.29. The summed E-state index contributed by atoms with van der Waals surface area (Å²) in [6, 6.07) is 0.